The molecule has 166 valence electrons. The molecule has 1 saturated carbocycles. The molecule has 1 atom stereocenters. The van der Waals surface area contributed by atoms with Crippen LogP contribution >= 0.6 is 0 Å². The van der Waals surface area contributed by atoms with Crippen LogP contribution in [0.4, 0.5) is 0 Å². The predicted molar refractivity (Wildman–Crippen MR) is 122 cm³/mol. The van der Waals surface area contributed by atoms with Gasteiger partial charge in [-0.25, -0.2) is 0 Å². The Hall–Kier alpha value is -2.73. The number of carbonyl (C=O) groups is 2. The van der Waals surface area contributed by atoms with E-state index in [-0.39, 0.29) is 17.9 Å². The van der Waals surface area contributed by atoms with Crippen molar-refractivity contribution >= 4 is 11.8 Å². The molecule has 2 aromatic rings. The minimum Gasteiger partial charge on any atom is -0.347 e. The summed E-state index contributed by atoms with van der Waals surface area (Å²) in [6.45, 7) is 3.80. The summed E-state index contributed by atoms with van der Waals surface area (Å²) in [5.74, 6) is -0.343. The molecule has 1 unspecified atom stereocenters. The Morgan fingerprint density at radius 1 is 1.06 bits per heavy atom. The second kappa shape index (κ2) is 10.1. The summed E-state index contributed by atoms with van der Waals surface area (Å²) >= 11 is 0. The third-order valence-electron chi connectivity index (χ3n) is 6.32. The van der Waals surface area contributed by atoms with Crippen LogP contribution in [0, 0.1) is 5.41 Å². The molecule has 0 saturated heterocycles. The highest BCUT2D eigenvalue weighted by molar-refractivity contribution is 5.93. The number of nitrogens with zero attached hydrogens (tertiary/aromatic N) is 1. The van der Waals surface area contributed by atoms with Crippen LogP contribution in [0.3, 0.4) is 0 Å². The molecule has 6 nitrogen and oxygen atoms in total. The fraction of sp³-hybridized carbons (Fsp3) is 0.480. The van der Waals surface area contributed by atoms with Crippen molar-refractivity contribution in [3.8, 4) is 0 Å². The third kappa shape index (κ3) is 5.70. The standard InChI is InChI=1S/C25H34N4O2/c1-24(2,29-23(31)25(18-26)14-8-4-9-15-25)22(30)28-21(19-11-5-3-6-12-19)17-20-13-7-10-16-27-20/h3,5-7,10-13,16,21H,4,8-9,14-15,17-18,26H2,1-2H3,(H,28,30)(H,29,31). The van der Waals surface area contributed by atoms with Gasteiger partial charge in [-0.05, 0) is 44.4 Å². The Balaban J connectivity index is 1.74. The van der Waals surface area contributed by atoms with E-state index < -0.39 is 11.0 Å². The first-order valence-corrected chi connectivity index (χ1v) is 11.1. The summed E-state index contributed by atoms with van der Waals surface area (Å²) in [4.78, 5) is 30.8. The smallest absolute Gasteiger partial charge is 0.245 e. The highest BCUT2D eigenvalue weighted by atomic mass is 16.2. The van der Waals surface area contributed by atoms with Gasteiger partial charge in [0.25, 0.3) is 0 Å². The Kier molecular flexibility index (Phi) is 7.44. The monoisotopic (exact) mass is 422 g/mol. The van der Waals surface area contributed by atoms with E-state index in [1.165, 1.54) is 0 Å². The lowest BCUT2D eigenvalue weighted by atomic mass is 9.73. The van der Waals surface area contributed by atoms with Gasteiger partial charge in [0.05, 0.1) is 11.5 Å². The maximum absolute atomic E-state index is 13.3. The summed E-state index contributed by atoms with van der Waals surface area (Å²) in [5, 5.41) is 6.13. The summed E-state index contributed by atoms with van der Waals surface area (Å²) in [7, 11) is 0. The highest BCUT2D eigenvalue weighted by Gasteiger charge is 2.42. The molecular weight excluding hydrogens is 388 g/mol. The molecular formula is C25H34N4O2. The molecule has 6 heteroatoms. The van der Waals surface area contributed by atoms with E-state index in [9.17, 15) is 9.59 Å². The first-order valence-electron chi connectivity index (χ1n) is 11.1. The predicted octanol–water partition coefficient (Wildman–Crippen LogP) is 3.29. The Labute approximate surface area is 185 Å². The zero-order chi connectivity index (χ0) is 22.3. The maximum Gasteiger partial charge on any atom is 0.245 e. The number of amides is 2. The van der Waals surface area contributed by atoms with E-state index in [2.05, 4.69) is 15.6 Å². The Morgan fingerprint density at radius 2 is 1.74 bits per heavy atom. The van der Waals surface area contributed by atoms with Crippen LogP contribution in [0.5, 0.6) is 0 Å². The number of nitrogens with one attached hydrogen (secondary N) is 2. The molecule has 1 heterocycles. The minimum absolute atomic E-state index is 0.115. The highest BCUT2D eigenvalue weighted by Crippen LogP contribution is 2.36. The van der Waals surface area contributed by atoms with Crippen LogP contribution in [0.25, 0.3) is 0 Å². The quantitative estimate of drug-likeness (QED) is 0.608. The number of carbonyl (C=O) groups excluding carboxylic acids is 2. The van der Waals surface area contributed by atoms with Crippen molar-refractivity contribution in [1.82, 2.24) is 15.6 Å². The summed E-state index contributed by atoms with van der Waals surface area (Å²) in [6, 6.07) is 15.3. The van der Waals surface area contributed by atoms with Gasteiger partial charge >= 0.3 is 0 Å². The average molecular weight is 423 g/mol. The molecule has 0 aliphatic heterocycles. The Morgan fingerprint density at radius 3 is 2.35 bits per heavy atom. The van der Waals surface area contributed by atoms with Gasteiger partial charge in [-0.3, -0.25) is 14.6 Å². The van der Waals surface area contributed by atoms with Crippen LogP contribution in [-0.4, -0.2) is 28.9 Å². The number of nitrogens with two attached hydrogens (primary N) is 1. The van der Waals surface area contributed by atoms with Crippen LogP contribution < -0.4 is 16.4 Å². The SMILES string of the molecule is CC(C)(NC(=O)C1(CN)CCCCC1)C(=O)NC(Cc1ccccn1)c1ccccc1. The van der Waals surface area contributed by atoms with Gasteiger partial charge in [-0.15, -0.1) is 0 Å². The number of benzene rings is 1. The first kappa shape index (κ1) is 22.9. The molecule has 1 fully saturated rings. The summed E-state index contributed by atoms with van der Waals surface area (Å²) in [6.07, 6.45) is 6.99. The van der Waals surface area contributed by atoms with Crippen molar-refractivity contribution in [2.24, 2.45) is 11.1 Å². The minimum atomic E-state index is -1.06. The van der Waals surface area contributed by atoms with Crippen LogP contribution in [0.1, 0.15) is 63.3 Å². The molecule has 3 rings (SSSR count). The lowest BCUT2D eigenvalue weighted by Crippen LogP contribution is -2.60. The number of hydrogen-bond donors (Lipinski definition) is 3. The number of rotatable bonds is 8. The molecule has 1 aromatic heterocycles. The normalized spacial score (nSPS) is 16.9. The van der Waals surface area contributed by atoms with E-state index >= 15 is 0 Å². The molecule has 1 aliphatic rings. The molecule has 1 aliphatic carbocycles. The van der Waals surface area contributed by atoms with Crippen molar-refractivity contribution in [2.75, 3.05) is 6.54 Å². The van der Waals surface area contributed by atoms with Crippen LogP contribution in [0.2, 0.25) is 0 Å². The molecule has 0 spiro atoms. The topological polar surface area (TPSA) is 97.1 Å². The first-order chi connectivity index (χ1) is 14.9. The van der Waals surface area contributed by atoms with Crippen molar-refractivity contribution in [3.63, 3.8) is 0 Å². The van der Waals surface area contributed by atoms with Gasteiger partial charge < -0.3 is 16.4 Å². The van der Waals surface area contributed by atoms with Crippen molar-refractivity contribution in [2.45, 2.75) is 64.0 Å². The van der Waals surface area contributed by atoms with Gasteiger partial charge in [0.1, 0.15) is 5.54 Å². The molecule has 31 heavy (non-hydrogen) atoms. The lowest BCUT2D eigenvalue weighted by molar-refractivity contribution is -0.139. The van der Waals surface area contributed by atoms with E-state index in [4.69, 9.17) is 5.73 Å². The van der Waals surface area contributed by atoms with E-state index in [0.29, 0.717) is 13.0 Å². The average Bonchev–Trinajstić information content (AvgIpc) is 2.80. The van der Waals surface area contributed by atoms with Gasteiger partial charge in [0.2, 0.25) is 11.8 Å². The van der Waals surface area contributed by atoms with Crippen molar-refractivity contribution < 1.29 is 9.59 Å². The van der Waals surface area contributed by atoms with Gasteiger partial charge in [0.15, 0.2) is 0 Å². The van der Waals surface area contributed by atoms with Gasteiger partial charge in [-0.1, -0.05) is 55.7 Å². The molecule has 2 amide bonds. The fourth-order valence-electron chi connectivity index (χ4n) is 4.23. The molecule has 1 aromatic carbocycles. The number of hydrogen-bond acceptors (Lipinski definition) is 4. The molecule has 4 N–H and O–H groups in total. The zero-order valence-corrected chi connectivity index (χ0v) is 18.6. The van der Waals surface area contributed by atoms with Crippen molar-refractivity contribution in [1.29, 1.82) is 0 Å². The van der Waals surface area contributed by atoms with Gasteiger partial charge in [-0.2, -0.15) is 0 Å². The van der Waals surface area contributed by atoms with E-state index in [0.717, 1.165) is 43.4 Å². The maximum atomic E-state index is 13.3. The number of pyridine rings is 1. The molecule has 0 bridgehead atoms. The third-order valence-corrected chi connectivity index (χ3v) is 6.32. The second-order valence-electron chi connectivity index (χ2n) is 9.09. The van der Waals surface area contributed by atoms with Crippen LogP contribution in [0.15, 0.2) is 54.7 Å². The van der Waals surface area contributed by atoms with E-state index in [1.54, 1.807) is 20.0 Å². The molecule has 0 radical (unpaired) electrons. The summed E-state index contributed by atoms with van der Waals surface area (Å²) in [5.41, 5.74) is 6.27. The van der Waals surface area contributed by atoms with Gasteiger partial charge in [0, 0.05) is 24.9 Å². The van der Waals surface area contributed by atoms with Crippen LogP contribution in [-0.2, 0) is 16.0 Å². The van der Waals surface area contributed by atoms with Crippen molar-refractivity contribution in [3.05, 3.63) is 66.0 Å². The largest absolute Gasteiger partial charge is 0.347 e. The zero-order valence-electron chi connectivity index (χ0n) is 18.6. The second-order valence-corrected chi connectivity index (χ2v) is 9.09. The number of aromatic nitrogens is 1. The lowest BCUT2D eigenvalue weighted by Gasteiger charge is -2.38. The van der Waals surface area contributed by atoms with E-state index in [1.807, 2.05) is 48.5 Å². The fourth-order valence-corrected chi connectivity index (χ4v) is 4.23. The Bertz CT molecular complexity index is 862. The summed E-state index contributed by atoms with van der Waals surface area (Å²) < 4.78 is 0.